The highest BCUT2D eigenvalue weighted by molar-refractivity contribution is 5.72. The van der Waals surface area contributed by atoms with Gasteiger partial charge >= 0.3 is 5.97 Å². The number of carbonyl (C=O) groups excluding carboxylic acids is 1. The van der Waals surface area contributed by atoms with Crippen molar-refractivity contribution < 1.29 is 14.3 Å². The molecule has 0 radical (unpaired) electrons. The predicted octanol–water partition coefficient (Wildman–Crippen LogP) is 6.34. The molecule has 0 aromatic heterocycles. The molecule has 2 aliphatic carbocycles. The molecular formula is C26H36O3. The molecule has 3 rings (SSSR count). The van der Waals surface area contributed by atoms with Gasteiger partial charge < -0.3 is 9.47 Å². The van der Waals surface area contributed by atoms with E-state index < -0.39 is 0 Å². The molecule has 3 nitrogen and oxygen atoms in total. The van der Waals surface area contributed by atoms with E-state index in [1.54, 1.807) is 6.08 Å². The molecule has 2 fully saturated rings. The largest absolute Gasteiger partial charge is 0.462 e. The fourth-order valence-corrected chi connectivity index (χ4v) is 4.79. The lowest BCUT2D eigenvalue weighted by Crippen LogP contribution is -2.29. The maximum Gasteiger partial charge on any atom is 0.309 e. The zero-order valence-electron chi connectivity index (χ0n) is 17.7. The van der Waals surface area contributed by atoms with Crippen molar-refractivity contribution in [2.45, 2.75) is 76.4 Å². The van der Waals surface area contributed by atoms with Crippen LogP contribution in [0.25, 0.3) is 0 Å². The van der Waals surface area contributed by atoms with E-state index in [0.717, 1.165) is 57.8 Å². The Morgan fingerprint density at radius 3 is 2.24 bits per heavy atom. The van der Waals surface area contributed by atoms with Crippen molar-refractivity contribution in [1.29, 1.82) is 0 Å². The fraction of sp³-hybridized carbons (Fsp3) is 0.577. The maximum absolute atomic E-state index is 12.6. The van der Waals surface area contributed by atoms with Gasteiger partial charge in [0, 0.05) is 0 Å². The van der Waals surface area contributed by atoms with Crippen LogP contribution in [-0.4, -0.2) is 18.7 Å². The summed E-state index contributed by atoms with van der Waals surface area (Å²) < 4.78 is 11.4. The number of hydrogen-bond acceptors (Lipinski definition) is 3. The molecule has 0 heterocycles. The number of rotatable bonds is 9. The molecule has 29 heavy (non-hydrogen) atoms. The smallest absolute Gasteiger partial charge is 0.309 e. The van der Waals surface area contributed by atoms with Crippen LogP contribution in [0.15, 0.2) is 49.6 Å². The lowest BCUT2D eigenvalue weighted by atomic mass is 9.80. The molecule has 158 valence electrons. The third-order valence-electron chi connectivity index (χ3n) is 6.59. The monoisotopic (exact) mass is 396 g/mol. The Bertz CT molecular complexity index is 647. The average molecular weight is 397 g/mol. The van der Waals surface area contributed by atoms with Crippen molar-refractivity contribution in [1.82, 2.24) is 0 Å². The highest BCUT2D eigenvalue weighted by atomic mass is 16.5. The van der Waals surface area contributed by atoms with Gasteiger partial charge in [0.2, 0.25) is 0 Å². The number of ether oxygens (including phenoxy) is 2. The summed E-state index contributed by atoms with van der Waals surface area (Å²) in [5.74, 6) is 1.45. The molecule has 2 saturated carbocycles. The molecule has 1 aromatic carbocycles. The molecule has 0 bridgehead atoms. The number of benzene rings is 1. The molecular weight excluding hydrogens is 360 g/mol. The molecule has 0 amide bonds. The van der Waals surface area contributed by atoms with Crippen molar-refractivity contribution in [2.75, 3.05) is 6.61 Å². The SMILES string of the molecule is C=CCOCc1ccc(C2CCC(OC(=O)C3CCC(CC=C)CC3)CC2)cc1. The Labute approximate surface area is 176 Å². The van der Waals surface area contributed by atoms with Crippen LogP contribution >= 0.6 is 0 Å². The quantitative estimate of drug-likeness (QED) is 0.277. The lowest BCUT2D eigenvalue weighted by Gasteiger charge is -2.31. The van der Waals surface area contributed by atoms with Crippen molar-refractivity contribution in [3.8, 4) is 0 Å². The molecule has 0 saturated heterocycles. The van der Waals surface area contributed by atoms with Gasteiger partial charge in [-0.15, -0.1) is 13.2 Å². The van der Waals surface area contributed by atoms with Gasteiger partial charge in [0.25, 0.3) is 0 Å². The summed E-state index contributed by atoms with van der Waals surface area (Å²) in [7, 11) is 0. The van der Waals surface area contributed by atoms with Gasteiger partial charge in [-0.2, -0.15) is 0 Å². The average Bonchev–Trinajstić information content (AvgIpc) is 2.76. The van der Waals surface area contributed by atoms with Crippen LogP contribution in [0.5, 0.6) is 0 Å². The minimum Gasteiger partial charge on any atom is -0.462 e. The van der Waals surface area contributed by atoms with Crippen molar-refractivity contribution in [3.05, 3.63) is 60.7 Å². The van der Waals surface area contributed by atoms with E-state index in [2.05, 4.69) is 37.4 Å². The summed E-state index contributed by atoms with van der Waals surface area (Å²) in [4.78, 5) is 12.6. The minimum absolute atomic E-state index is 0.0504. The number of esters is 1. The Morgan fingerprint density at radius 1 is 0.931 bits per heavy atom. The number of hydrogen-bond donors (Lipinski definition) is 0. The van der Waals surface area contributed by atoms with Crippen molar-refractivity contribution in [2.24, 2.45) is 11.8 Å². The van der Waals surface area contributed by atoms with E-state index in [4.69, 9.17) is 9.47 Å². The number of allylic oxidation sites excluding steroid dienone is 1. The van der Waals surface area contributed by atoms with Gasteiger partial charge in [-0.1, -0.05) is 36.4 Å². The maximum atomic E-state index is 12.6. The summed E-state index contributed by atoms with van der Waals surface area (Å²) in [5, 5.41) is 0. The van der Waals surface area contributed by atoms with Crippen LogP contribution in [0.3, 0.4) is 0 Å². The molecule has 0 atom stereocenters. The summed E-state index contributed by atoms with van der Waals surface area (Å²) in [6, 6.07) is 8.77. The first kappa shape index (κ1) is 21.8. The second-order valence-corrected chi connectivity index (χ2v) is 8.70. The standard InChI is InChI=1S/C26H36O3/c1-3-5-20-6-12-24(13-7-20)26(27)29-25-16-14-23(15-17-25)22-10-8-21(9-11-22)19-28-18-4-2/h3-4,8-11,20,23-25H,1-2,5-7,12-19H2. The first-order valence-electron chi connectivity index (χ1n) is 11.3. The van der Waals surface area contributed by atoms with Crippen LogP contribution in [0, 0.1) is 11.8 Å². The van der Waals surface area contributed by atoms with Gasteiger partial charge in [0.1, 0.15) is 6.10 Å². The van der Waals surface area contributed by atoms with Gasteiger partial charge in [0.05, 0.1) is 19.1 Å². The Morgan fingerprint density at radius 2 is 1.62 bits per heavy atom. The van der Waals surface area contributed by atoms with Gasteiger partial charge in [-0.25, -0.2) is 0 Å². The van der Waals surface area contributed by atoms with E-state index in [1.165, 1.54) is 11.1 Å². The summed E-state index contributed by atoms with van der Waals surface area (Å²) in [5.41, 5.74) is 2.59. The first-order chi connectivity index (χ1) is 14.2. The molecule has 1 aromatic rings. The van der Waals surface area contributed by atoms with Crippen LogP contribution in [0.4, 0.5) is 0 Å². The molecule has 0 unspecified atom stereocenters. The summed E-state index contributed by atoms with van der Waals surface area (Å²) in [6.07, 6.45) is 13.3. The molecule has 0 aliphatic heterocycles. The van der Waals surface area contributed by atoms with Crippen LogP contribution in [-0.2, 0) is 20.9 Å². The van der Waals surface area contributed by atoms with E-state index in [-0.39, 0.29) is 18.0 Å². The zero-order chi connectivity index (χ0) is 20.5. The molecule has 0 spiro atoms. The van der Waals surface area contributed by atoms with Gasteiger partial charge in [-0.3, -0.25) is 4.79 Å². The third kappa shape index (κ3) is 6.57. The Hall–Kier alpha value is -1.87. The third-order valence-corrected chi connectivity index (χ3v) is 6.59. The van der Waals surface area contributed by atoms with E-state index in [9.17, 15) is 4.79 Å². The van der Waals surface area contributed by atoms with Crippen LogP contribution in [0.1, 0.15) is 74.8 Å². The topological polar surface area (TPSA) is 35.5 Å². The van der Waals surface area contributed by atoms with Crippen molar-refractivity contribution >= 4 is 5.97 Å². The first-order valence-corrected chi connectivity index (χ1v) is 11.3. The molecule has 2 aliphatic rings. The normalized spacial score (nSPS) is 27.2. The highest BCUT2D eigenvalue weighted by Crippen LogP contribution is 2.36. The minimum atomic E-state index is 0.0504. The second-order valence-electron chi connectivity index (χ2n) is 8.70. The fourth-order valence-electron chi connectivity index (χ4n) is 4.79. The Balaban J connectivity index is 1.39. The predicted molar refractivity (Wildman–Crippen MR) is 118 cm³/mol. The zero-order valence-corrected chi connectivity index (χ0v) is 17.7. The number of carbonyl (C=O) groups is 1. The molecule has 0 N–H and O–H groups in total. The summed E-state index contributed by atoms with van der Waals surface area (Å²) in [6.45, 7) is 8.71. The Kier molecular flexibility index (Phi) is 8.54. The van der Waals surface area contributed by atoms with E-state index in [0.29, 0.717) is 25.0 Å². The van der Waals surface area contributed by atoms with Gasteiger partial charge in [-0.05, 0) is 80.8 Å². The van der Waals surface area contributed by atoms with Crippen molar-refractivity contribution in [3.63, 3.8) is 0 Å². The highest BCUT2D eigenvalue weighted by Gasteiger charge is 2.30. The van der Waals surface area contributed by atoms with Crippen LogP contribution < -0.4 is 0 Å². The second kappa shape index (κ2) is 11.3. The van der Waals surface area contributed by atoms with E-state index >= 15 is 0 Å². The van der Waals surface area contributed by atoms with E-state index in [1.807, 2.05) is 6.08 Å². The van der Waals surface area contributed by atoms with Crippen LogP contribution in [0.2, 0.25) is 0 Å². The summed E-state index contributed by atoms with van der Waals surface area (Å²) >= 11 is 0. The molecule has 3 heteroatoms. The lowest BCUT2D eigenvalue weighted by molar-refractivity contribution is -0.157. The van der Waals surface area contributed by atoms with Gasteiger partial charge in [0.15, 0.2) is 0 Å².